The molecule has 0 atom stereocenters. The Morgan fingerprint density at radius 2 is 1.20 bits per heavy atom. The number of carbonyl (C=O) groups excluding carboxylic acids is 1. The molecule has 0 saturated carbocycles. The number of unbranched alkanes of at least 4 members (excludes halogenated alkanes) is 1. The van der Waals surface area contributed by atoms with Crippen molar-refractivity contribution >= 4 is 5.78 Å². The molecule has 1 aromatic rings. The Labute approximate surface area is 179 Å². The Hall–Kier alpha value is -1.43. The SMILES string of the molecule is CCCCOCCOCCOCCOCCOCCOCCn1cc(C(C)=O)nn1. The third-order valence-electron chi connectivity index (χ3n) is 3.87. The van der Waals surface area contributed by atoms with Gasteiger partial charge in [0.1, 0.15) is 5.69 Å². The van der Waals surface area contributed by atoms with Crippen molar-refractivity contribution in [3.63, 3.8) is 0 Å². The molecule has 0 N–H and O–H groups in total. The van der Waals surface area contributed by atoms with E-state index in [0.717, 1.165) is 19.4 Å². The number of aromatic nitrogens is 3. The van der Waals surface area contributed by atoms with E-state index in [0.29, 0.717) is 84.9 Å². The molecule has 0 aliphatic heterocycles. The predicted molar refractivity (Wildman–Crippen MR) is 110 cm³/mol. The van der Waals surface area contributed by atoms with Gasteiger partial charge < -0.3 is 28.4 Å². The average molecular weight is 432 g/mol. The van der Waals surface area contributed by atoms with Crippen LogP contribution in [0.4, 0.5) is 0 Å². The maximum atomic E-state index is 11.1. The van der Waals surface area contributed by atoms with E-state index in [9.17, 15) is 4.79 Å². The summed E-state index contributed by atoms with van der Waals surface area (Å²) in [6.45, 7) is 10.9. The Balaban J connectivity index is 1.72. The maximum absolute atomic E-state index is 11.1. The summed E-state index contributed by atoms with van der Waals surface area (Å²) in [4.78, 5) is 11.1. The fraction of sp³-hybridized carbons (Fsp3) is 0.850. The van der Waals surface area contributed by atoms with Crippen LogP contribution < -0.4 is 0 Å². The van der Waals surface area contributed by atoms with Crippen LogP contribution >= 0.6 is 0 Å². The van der Waals surface area contributed by atoms with Crippen LogP contribution in [0, 0.1) is 0 Å². The van der Waals surface area contributed by atoms with Crippen LogP contribution in [0.1, 0.15) is 37.2 Å². The first-order valence-electron chi connectivity index (χ1n) is 10.6. The van der Waals surface area contributed by atoms with Crippen LogP contribution in [-0.2, 0) is 35.0 Å². The Bertz CT molecular complexity index is 528. The number of ether oxygens (including phenoxy) is 6. The zero-order chi connectivity index (χ0) is 21.7. The highest BCUT2D eigenvalue weighted by Gasteiger charge is 2.04. The summed E-state index contributed by atoms with van der Waals surface area (Å²) in [5, 5.41) is 7.62. The van der Waals surface area contributed by atoms with Gasteiger partial charge in [-0.3, -0.25) is 4.79 Å². The number of Topliss-reactive ketones (excluding diaryl/α,β-unsaturated/α-hetero) is 1. The molecule has 0 bridgehead atoms. The molecule has 0 radical (unpaired) electrons. The number of ketones is 1. The Kier molecular flexibility index (Phi) is 17.3. The van der Waals surface area contributed by atoms with Gasteiger partial charge in [-0.05, 0) is 6.42 Å². The number of rotatable bonds is 22. The van der Waals surface area contributed by atoms with E-state index in [1.807, 2.05) is 0 Å². The molecule has 0 aliphatic carbocycles. The second-order valence-electron chi connectivity index (χ2n) is 6.45. The van der Waals surface area contributed by atoms with Crippen molar-refractivity contribution < 1.29 is 33.2 Å². The zero-order valence-electron chi connectivity index (χ0n) is 18.4. The van der Waals surface area contributed by atoms with Crippen LogP contribution in [0.5, 0.6) is 0 Å². The molecule has 0 amide bonds. The van der Waals surface area contributed by atoms with Crippen molar-refractivity contribution in [3.05, 3.63) is 11.9 Å². The fourth-order valence-electron chi connectivity index (χ4n) is 2.18. The number of hydrogen-bond acceptors (Lipinski definition) is 9. The number of nitrogens with zero attached hydrogens (tertiary/aromatic N) is 3. The minimum atomic E-state index is -0.0996. The largest absolute Gasteiger partial charge is 0.379 e. The second-order valence-corrected chi connectivity index (χ2v) is 6.45. The van der Waals surface area contributed by atoms with Gasteiger partial charge in [0.25, 0.3) is 0 Å². The lowest BCUT2D eigenvalue weighted by atomic mass is 10.3. The summed E-state index contributed by atoms with van der Waals surface area (Å²) in [6, 6.07) is 0. The summed E-state index contributed by atoms with van der Waals surface area (Å²) < 4.78 is 34.1. The normalized spacial score (nSPS) is 11.3. The highest BCUT2D eigenvalue weighted by molar-refractivity contribution is 5.91. The summed E-state index contributed by atoms with van der Waals surface area (Å²) in [6.07, 6.45) is 3.85. The van der Waals surface area contributed by atoms with Gasteiger partial charge in [-0.15, -0.1) is 5.10 Å². The van der Waals surface area contributed by atoms with Crippen LogP contribution in [-0.4, -0.2) is 100 Å². The molecule has 0 aliphatic rings. The smallest absolute Gasteiger partial charge is 0.181 e. The highest BCUT2D eigenvalue weighted by Crippen LogP contribution is 1.94. The van der Waals surface area contributed by atoms with E-state index in [4.69, 9.17) is 28.4 Å². The van der Waals surface area contributed by atoms with E-state index in [2.05, 4.69) is 17.2 Å². The monoisotopic (exact) mass is 431 g/mol. The highest BCUT2D eigenvalue weighted by atomic mass is 16.6. The van der Waals surface area contributed by atoms with Crippen LogP contribution in [0.15, 0.2) is 6.20 Å². The van der Waals surface area contributed by atoms with Crippen LogP contribution in [0.25, 0.3) is 0 Å². The lowest BCUT2D eigenvalue weighted by Crippen LogP contribution is -2.14. The minimum absolute atomic E-state index is 0.0996. The zero-order valence-corrected chi connectivity index (χ0v) is 18.4. The molecule has 0 saturated heterocycles. The molecular formula is C20H37N3O7. The predicted octanol–water partition coefficient (Wildman–Crippen LogP) is 1.38. The third-order valence-corrected chi connectivity index (χ3v) is 3.87. The number of carbonyl (C=O) groups is 1. The van der Waals surface area contributed by atoms with Gasteiger partial charge >= 0.3 is 0 Å². The van der Waals surface area contributed by atoms with Gasteiger partial charge in [-0.1, -0.05) is 18.6 Å². The molecule has 10 heteroatoms. The van der Waals surface area contributed by atoms with Gasteiger partial charge in [0.2, 0.25) is 0 Å². The molecule has 10 nitrogen and oxygen atoms in total. The summed E-state index contributed by atoms with van der Waals surface area (Å²) in [5.41, 5.74) is 0.361. The lowest BCUT2D eigenvalue weighted by Gasteiger charge is -2.08. The summed E-state index contributed by atoms with van der Waals surface area (Å²) in [7, 11) is 0. The molecule has 1 rings (SSSR count). The maximum Gasteiger partial charge on any atom is 0.181 e. The van der Waals surface area contributed by atoms with E-state index < -0.39 is 0 Å². The van der Waals surface area contributed by atoms with Gasteiger partial charge in [-0.2, -0.15) is 0 Å². The molecule has 30 heavy (non-hydrogen) atoms. The van der Waals surface area contributed by atoms with E-state index in [1.165, 1.54) is 6.92 Å². The van der Waals surface area contributed by atoms with Crippen molar-refractivity contribution in [3.8, 4) is 0 Å². The molecule has 0 aromatic carbocycles. The fourth-order valence-corrected chi connectivity index (χ4v) is 2.18. The average Bonchev–Trinajstić information content (AvgIpc) is 3.22. The number of hydrogen-bond donors (Lipinski definition) is 0. The van der Waals surface area contributed by atoms with Crippen molar-refractivity contribution in [1.29, 1.82) is 0 Å². The topological polar surface area (TPSA) is 103 Å². The Morgan fingerprint density at radius 3 is 1.60 bits per heavy atom. The van der Waals surface area contributed by atoms with Gasteiger partial charge in [0, 0.05) is 13.5 Å². The van der Waals surface area contributed by atoms with Crippen molar-refractivity contribution in [1.82, 2.24) is 15.0 Å². The van der Waals surface area contributed by atoms with Gasteiger partial charge in [0.05, 0.1) is 85.4 Å². The molecule has 0 unspecified atom stereocenters. The van der Waals surface area contributed by atoms with Gasteiger partial charge in [0.15, 0.2) is 5.78 Å². The summed E-state index contributed by atoms with van der Waals surface area (Å²) >= 11 is 0. The second kappa shape index (κ2) is 19.5. The van der Waals surface area contributed by atoms with E-state index >= 15 is 0 Å². The van der Waals surface area contributed by atoms with Crippen molar-refractivity contribution in [2.45, 2.75) is 33.2 Å². The molecule has 0 fully saturated rings. The molecule has 1 aromatic heterocycles. The lowest BCUT2D eigenvalue weighted by molar-refractivity contribution is -0.0171. The first-order valence-corrected chi connectivity index (χ1v) is 10.6. The van der Waals surface area contributed by atoms with Crippen LogP contribution in [0.2, 0.25) is 0 Å². The van der Waals surface area contributed by atoms with Crippen molar-refractivity contribution in [2.75, 3.05) is 79.3 Å². The quantitative estimate of drug-likeness (QED) is 0.199. The standard InChI is InChI=1S/C20H37N3O7/c1-3-4-6-25-8-10-27-12-14-29-16-17-30-15-13-28-11-9-26-7-5-23-18-20(19(2)24)21-22-23/h18H,3-17H2,1-2H3. The Morgan fingerprint density at radius 1 is 0.767 bits per heavy atom. The molecular weight excluding hydrogens is 394 g/mol. The minimum Gasteiger partial charge on any atom is -0.379 e. The summed E-state index contributed by atoms with van der Waals surface area (Å²) in [5.74, 6) is -0.0996. The van der Waals surface area contributed by atoms with Gasteiger partial charge in [-0.25, -0.2) is 4.68 Å². The van der Waals surface area contributed by atoms with E-state index in [-0.39, 0.29) is 5.78 Å². The van der Waals surface area contributed by atoms with Crippen molar-refractivity contribution in [2.24, 2.45) is 0 Å². The third kappa shape index (κ3) is 15.4. The molecule has 1 heterocycles. The molecule has 174 valence electrons. The van der Waals surface area contributed by atoms with Crippen LogP contribution in [0.3, 0.4) is 0 Å². The molecule has 0 spiro atoms. The first kappa shape index (κ1) is 26.6. The van der Waals surface area contributed by atoms with E-state index in [1.54, 1.807) is 10.9 Å². The first-order chi connectivity index (χ1) is 14.7.